The van der Waals surface area contributed by atoms with Gasteiger partial charge in [0, 0.05) is 14.1 Å². The molecule has 0 N–H and O–H groups in total. The molecule has 2 fully saturated rings. The minimum absolute atomic E-state index is 0.206. The molecule has 0 saturated carbocycles. The molecule has 0 radical (unpaired) electrons. The van der Waals surface area contributed by atoms with Crippen molar-refractivity contribution < 1.29 is 0 Å². The van der Waals surface area contributed by atoms with Gasteiger partial charge in [-0.25, -0.2) is 0 Å². The lowest BCUT2D eigenvalue weighted by molar-refractivity contribution is 0.449. The third kappa shape index (κ3) is 4.00. The summed E-state index contributed by atoms with van der Waals surface area (Å²) in [6.07, 6.45) is 8.47. The van der Waals surface area contributed by atoms with Crippen molar-refractivity contribution in [3.8, 4) is 0 Å². The fraction of sp³-hybridized carbons (Fsp3) is 0.306. The molecule has 2 bridgehead atoms. The third-order valence-electron chi connectivity index (χ3n) is 10.1. The third-order valence-corrected chi connectivity index (χ3v) is 14.6. The molecule has 0 unspecified atom stereocenters. The van der Waals surface area contributed by atoms with Crippen molar-refractivity contribution in [1.29, 1.82) is 0 Å². The Labute approximate surface area is 241 Å². The van der Waals surface area contributed by atoms with Crippen molar-refractivity contribution in [2.75, 3.05) is 23.9 Å². The molecule has 4 heteroatoms. The van der Waals surface area contributed by atoms with E-state index in [1.165, 1.54) is 65.8 Å². The molecule has 0 amide bonds. The zero-order chi connectivity index (χ0) is 27.1. The highest BCUT2D eigenvalue weighted by molar-refractivity contribution is 7.98. The average Bonchev–Trinajstić information content (AvgIpc) is 3.26. The maximum Gasteiger partial charge on any atom is 0.183 e. The van der Waals surface area contributed by atoms with Crippen LogP contribution in [-0.2, 0) is 0 Å². The predicted molar refractivity (Wildman–Crippen MR) is 178 cm³/mol. The van der Waals surface area contributed by atoms with Crippen LogP contribution in [-0.4, -0.2) is 32.2 Å². The van der Waals surface area contributed by atoms with Gasteiger partial charge in [-0.2, -0.15) is 0 Å². The van der Waals surface area contributed by atoms with Gasteiger partial charge in [-0.1, -0.05) is 153 Å². The van der Waals surface area contributed by atoms with E-state index in [2.05, 4.69) is 139 Å². The fourth-order valence-electron chi connectivity index (χ4n) is 8.56. The minimum atomic E-state index is -2.20. The van der Waals surface area contributed by atoms with E-state index in [-0.39, 0.29) is 6.17 Å². The van der Waals surface area contributed by atoms with E-state index in [0.29, 0.717) is 6.71 Å². The molecule has 40 heavy (non-hydrogen) atoms. The van der Waals surface area contributed by atoms with Crippen LogP contribution in [0.25, 0.3) is 0 Å². The van der Waals surface area contributed by atoms with Gasteiger partial charge in [0.1, 0.15) is 6.17 Å². The molecule has 2 saturated heterocycles. The zero-order valence-corrected chi connectivity index (χ0v) is 24.8. The van der Waals surface area contributed by atoms with E-state index in [9.17, 15) is 0 Å². The first-order valence-corrected chi connectivity index (χ1v) is 17.0. The highest BCUT2D eigenvalue weighted by atomic mass is 31.2. The Balaban J connectivity index is 1.67. The number of benzene rings is 4. The largest absolute Gasteiger partial charge is 0.350 e. The quantitative estimate of drug-likeness (QED) is 0.194. The normalized spacial score (nSPS) is 20.9. The molecule has 4 aromatic rings. The smallest absolute Gasteiger partial charge is 0.183 e. The molecule has 0 atom stereocenters. The van der Waals surface area contributed by atoms with Gasteiger partial charge in [-0.3, -0.25) is 0 Å². The Kier molecular flexibility index (Phi) is 6.88. The van der Waals surface area contributed by atoms with Crippen molar-refractivity contribution in [2.24, 2.45) is 0 Å². The van der Waals surface area contributed by atoms with Gasteiger partial charge in [0.05, 0.1) is 11.4 Å². The number of nitrogens with zero attached hydrogens (tertiary/aromatic N) is 2. The molecular weight excluding hydrogens is 502 g/mol. The second-order valence-corrected chi connectivity index (χ2v) is 15.5. The summed E-state index contributed by atoms with van der Waals surface area (Å²) < 4.78 is 0. The minimum Gasteiger partial charge on any atom is -0.350 e. The summed E-state index contributed by atoms with van der Waals surface area (Å²) in [5.41, 5.74) is 2.70. The summed E-state index contributed by atoms with van der Waals surface area (Å²) in [5.74, 6) is 1.53. The highest BCUT2D eigenvalue weighted by Gasteiger charge is 2.51. The second-order valence-electron chi connectivity index (χ2n) is 12.1. The Morgan fingerprint density at radius 3 is 1.27 bits per heavy atom. The van der Waals surface area contributed by atoms with Crippen molar-refractivity contribution in [1.82, 2.24) is 0 Å². The number of hydrogen-bond donors (Lipinski definition) is 0. The second kappa shape index (κ2) is 10.7. The van der Waals surface area contributed by atoms with Gasteiger partial charge in [-0.05, 0) is 40.1 Å². The Bertz CT molecular complexity index is 1370. The lowest BCUT2D eigenvalue weighted by Crippen LogP contribution is -2.58. The van der Waals surface area contributed by atoms with Crippen molar-refractivity contribution in [3.05, 3.63) is 115 Å². The van der Waals surface area contributed by atoms with Crippen LogP contribution in [0.1, 0.15) is 38.5 Å². The summed E-state index contributed by atoms with van der Waals surface area (Å²) in [5, 5.41) is 6.25. The first-order valence-electron chi connectivity index (χ1n) is 15.2. The van der Waals surface area contributed by atoms with E-state index in [0.717, 1.165) is 11.6 Å². The van der Waals surface area contributed by atoms with E-state index < -0.39 is 6.89 Å². The number of para-hydroxylation sites is 2. The van der Waals surface area contributed by atoms with Gasteiger partial charge in [0.2, 0.25) is 0 Å². The number of fused-ring (bicyclic) bond motifs is 3. The maximum absolute atomic E-state index is 2.61. The van der Waals surface area contributed by atoms with Gasteiger partial charge < -0.3 is 9.80 Å². The molecule has 3 aliphatic heterocycles. The molecule has 3 heterocycles. The fourth-order valence-corrected chi connectivity index (χ4v) is 13.8. The van der Waals surface area contributed by atoms with Crippen LogP contribution < -0.4 is 25.7 Å². The lowest BCUT2D eigenvalue weighted by atomic mass is 9.25. The lowest BCUT2D eigenvalue weighted by Gasteiger charge is -2.49. The summed E-state index contributed by atoms with van der Waals surface area (Å²) >= 11 is 0. The van der Waals surface area contributed by atoms with Crippen LogP contribution in [0.4, 0.5) is 11.4 Å². The molecule has 0 aromatic heterocycles. The van der Waals surface area contributed by atoms with Crippen LogP contribution in [0, 0.1) is 0 Å². The molecule has 202 valence electrons. The molecule has 0 aliphatic carbocycles. The van der Waals surface area contributed by atoms with E-state index in [1.807, 2.05) is 0 Å². The molecule has 2 nitrogen and oxygen atoms in total. The number of hydrogen-bond acceptors (Lipinski definition) is 2. The van der Waals surface area contributed by atoms with E-state index >= 15 is 0 Å². The monoisotopic (exact) mass is 542 g/mol. The first-order chi connectivity index (χ1) is 19.7. The van der Waals surface area contributed by atoms with Crippen LogP contribution in [0.5, 0.6) is 0 Å². The van der Waals surface area contributed by atoms with Gasteiger partial charge in [-0.15, -0.1) is 0 Å². The number of rotatable bonds is 5. The summed E-state index contributed by atoms with van der Waals surface area (Å²) in [7, 11) is 4.70. The topological polar surface area (TPSA) is 6.48 Å². The molecule has 3 aliphatic rings. The Morgan fingerprint density at radius 1 is 0.550 bits per heavy atom. The Morgan fingerprint density at radius 2 is 0.900 bits per heavy atom. The van der Waals surface area contributed by atoms with Gasteiger partial charge >= 0.3 is 0 Å². The van der Waals surface area contributed by atoms with Crippen LogP contribution in [0.2, 0.25) is 11.6 Å². The first kappa shape index (κ1) is 25.8. The van der Waals surface area contributed by atoms with Crippen molar-refractivity contribution in [2.45, 2.75) is 56.3 Å². The van der Waals surface area contributed by atoms with Gasteiger partial charge in [0.25, 0.3) is 0 Å². The summed E-state index contributed by atoms with van der Waals surface area (Å²) in [6, 6.07) is 43.9. The van der Waals surface area contributed by atoms with Crippen molar-refractivity contribution in [3.63, 3.8) is 0 Å². The average molecular weight is 543 g/mol. The van der Waals surface area contributed by atoms with Crippen LogP contribution in [0.3, 0.4) is 0 Å². The molecule has 4 aromatic carbocycles. The van der Waals surface area contributed by atoms with Crippen LogP contribution >= 0.6 is 6.89 Å². The maximum atomic E-state index is 2.61. The molecule has 7 rings (SSSR count). The van der Waals surface area contributed by atoms with E-state index in [1.54, 1.807) is 5.19 Å². The Hall–Kier alpha value is -3.16. The summed E-state index contributed by atoms with van der Waals surface area (Å²) in [4.78, 5) is 5.22. The SMILES string of the molecule is CN1c2ccccc2N(C)C1C(B1C2CCCC1CCC2)=P(c1ccccc1)(c1ccccc1)c1ccccc1. The van der Waals surface area contributed by atoms with Gasteiger partial charge in [0.15, 0.2) is 6.71 Å². The summed E-state index contributed by atoms with van der Waals surface area (Å²) in [6.45, 7) is -1.59. The molecule has 0 spiro atoms. The highest BCUT2D eigenvalue weighted by Crippen LogP contribution is 2.56. The number of anilines is 2. The van der Waals surface area contributed by atoms with Crippen LogP contribution in [0.15, 0.2) is 115 Å². The van der Waals surface area contributed by atoms with E-state index in [4.69, 9.17) is 0 Å². The predicted octanol–water partition coefficient (Wildman–Crippen LogP) is 7.21. The standard InChI is InChI=1S/C36H40BN2P/c1-38-33-26-12-13-27-34(33)39(2)36(38)35(37-28-16-14-17-29(37)19-15-18-28)40(30-20-6-3-7-21-30,31-22-8-4-9-23-31)32-24-10-5-11-25-32/h3-13,20-29,36H,14-19H2,1-2H3. The van der Waals surface area contributed by atoms with Crippen molar-refractivity contribution >= 4 is 46.1 Å². The molecular formula is C36H40BN2P. The zero-order valence-electron chi connectivity index (χ0n) is 23.9.